The van der Waals surface area contributed by atoms with Crippen molar-refractivity contribution in [1.29, 1.82) is 0 Å². The minimum atomic E-state index is 0.333. The van der Waals surface area contributed by atoms with E-state index in [0.717, 1.165) is 35.1 Å². The van der Waals surface area contributed by atoms with Crippen LogP contribution in [0.15, 0.2) is 24.3 Å². The third-order valence-electron chi connectivity index (χ3n) is 4.35. The second-order valence-electron chi connectivity index (χ2n) is 6.46. The van der Waals surface area contributed by atoms with E-state index in [1.54, 1.807) is 14.2 Å². The van der Waals surface area contributed by atoms with E-state index in [2.05, 4.69) is 34.4 Å². The molecule has 6 heteroatoms. The molecular weight excluding hydrogens is 316 g/mol. The highest BCUT2D eigenvalue weighted by Crippen LogP contribution is 2.40. The third-order valence-corrected chi connectivity index (χ3v) is 4.35. The van der Waals surface area contributed by atoms with Crippen molar-refractivity contribution in [2.75, 3.05) is 24.9 Å². The van der Waals surface area contributed by atoms with Crippen LogP contribution >= 0.6 is 0 Å². The first-order valence-corrected chi connectivity index (χ1v) is 8.77. The summed E-state index contributed by atoms with van der Waals surface area (Å²) in [6.07, 6.45) is 3.42. The number of hydrogen-bond donors (Lipinski definition) is 2. The standard InChI is InChI=1S/C19H26N4O2/c1-5-12(2)20-19-22-17(13-6-7-13)11-18(23-19)21-14-8-15(24-3)10-16(9-14)25-4/h8-13H,5-7H2,1-4H3,(H2,20,21,22,23)/t12-/m1/s1. The molecule has 0 radical (unpaired) electrons. The van der Waals surface area contributed by atoms with Crippen molar-refractivity contribution in [3.63, 3.8) is 0 Å². The molecule has 1 aromatic heterocycles. The normalized spacial score (nSPS) is 14.7. The number of nitrogens with one attached hydrogen (secondary N) is 2. The lowest BCUT2D eigenvalue weighted by molar-refractivity contribution is 0.395. The van der Waals surface area contributed by atoms with Gasteiger partial charge in [0.2, 0.25) is 5.95 Å². The molecule has 1 heterocycles. The van der Waals surface area contributed by atoms with Gasteiger partial charge in [-0.25, -0.2) is 4.98 Å². The molecule has 0 amide bonds. The summed E-state index contributed by atoms with van der Waals surface area (Å²) in [5.74, 6) is 3.47. The van der Waals surface area contributed by atoms with Gasteiger partial charge in [-0.2, -0.15) is 4.98 Å². The minimum Gasteiger partial charge on any atom is -0.497 e. The molecule has 1 fully saturated rings. The third kappa shape index (κ3) is 4.53. The summed E-state index contributed by atoms with van der Waals surface area (Å²) < 4.78 is 10.7. The van der Waals surface area contributed by atoms with Crippen molar-refractivity contribution in [3.8, 4) is 11.5 Å². The predicted octanol–water partition coefficient (Wildman–Crippen LogP) is 4.33. The summed E-state index contributed by atoms with van der Waals surface area (Å²) in [7, 11) is 3.28. The number of nitrogens with zero attached hydrogens (tertiary/aromatic N) is 2. The van der Waals surface area contributed by atoms with Crippen LogP contribution in [0.3, 0.4) is 0 Å². The zero-order chi connectivity index (χ0) is 17.8. The number of methoxy groups -OCH3 is 2. The molecule has 0 spiro atoms. The highest BCUT2D eigenvalue weighted by molar-refractivity contribution is 5.62. The van der Waals surface area contributed by atoms with Gasteiger partial charge in [-0.3, -0.25) is 0 Å². The molecular formula is C19H26N4O2. The Kier molecular flexibility index (Phi) is 5.26. The number of rotatable bonds is 8. The Labute approximate surface area is 149 Å². The van der Waals surface area contributed by atoms with Gasteiger partial charge in [-0.05, 0) is 26.2 Å². The number of anilines is 3. The molecule has 1 aliphatic carbocycles. The lowest BCUT2D eigenvalue weighted by Crippen LogP contribution is -2.16. The minimum absolute atomic E-state index is 0.333. The van der Waals surface area contributed by atoms with Gasteiger partial charge in [0, 0.05) is 41.9 Å². The first-order valence-electron chi connectivity index (χ1n) is 8.77. The second kappa shape index (κ2) is 7.59. The van der Waals surface area contributed by atoms with E-state index >= 15 is 0 Å². The number of hydrogen-bond acceptors (Lipinski definition) is 6. The molecule has 6 nitrogen and oxygen atoms in total. The Hall–Kier alpha value is -2.50. The van der Waals surface area contributed by atoms with E-state index in [4.69, 9.17) is 9.47 Å². The first-order chi connectivity index (χ1) is 12.1. The average Bonchev–Trinajstić information content (AvgIpc) is 3.46. The van der Waals surface area contributed by atoms with Gasteiger partial charge in [0.15, 0.2) is 0 Å². The summed E-state index contributed by atoms with van der Waals surface area (Å²) in [6.45, 7) is 4.28. The Bertz CT molecular complexity index is 709. The molecule has 25 heavy (non-hydrogen) atoms. The van der Waals surface area contributed by atoms with Crippen LogP contribution < -0.4 is 20.1 Å². The first kappa shape index (κ1) is 17.3. The molecule has 134 valence electrons. The maximum absolute atomic E-state index is 5.33. The Balaban J connectivity index is 1.88. The van der Waals surface area contributed by atoms with Crippen molar-refractivity contribution in [2.45, 2.75) is 45.1 Å². The smallest absolute Gasteiger partial charge is 0.225 e. The van der Waals surface area contributed by atoms with E-state index < -0.39 is 0 Å². The summed E-state index contributed by atoms with van der Waals surface area (Å²) in [5.41, 5.74) is 1.96. The summed E-state index contributed by atoms with van der Waals surface area (Å²) in [5, 5.41) is 6.73. The lowest BCUT2D eigenvalue weighted by Gasteiger charge is -2.15. The zero-order valence-electron chi connectivity index (χ0n) is 15.3. The summed E-state index contributed by atoms with van der Waals surface area (Å²) in [4.78, 5) is 9.30. The quantitative estimate of drug-likeness (QED) is 0.744. The van der Waals surface area contributed by atoms with Gasteiger partial charge in [0.05, 0.1) is 19.9 Å². The van der Waals surface area contributed by atoms with Gasteiger partial charge in [-0.1, -0.05) is 6.92 Å². The average molecular weight is 342 g/mol. The molecule has 1 atom stereocenters. The van der Waals surface area contributed by atoms with Gasteiger partial charge < -0.3 is 20.1 Å². The fourth-order valence-corrected chi connectivity index (χ4v) is 2.53. The topological polar surface area (TPSA) is 68.3 Å². The van der Waals surface area contributed by atoms with Gasteiger partial charge >= 0.3 is 0 Å². The Morgan fingerprint density at radius 2 is 1.76 bits per heavy atom. The van der Waals surface area contributed by atoms with Crippen molar-refractivity contribution < 1.29 is 9.47 Å². The van der Waals surface area contributed by atoms with Crippen molar-refractivity contribution in [3.05, 3.63) is 30.0 Å². The molecule has 1 saturated carbocycles. The van der Waals surface area contributed by atoms with Gasteiger partial charge in [-0.15, -0.1) is 0 Å². The van der Waals surface area contributed by atoms with Gasteiger partial charge in [0.1, 0.15) is 17.3 Å². The molecule has 0 aliphatic heterocycles. The van der Waals surface area contributed by atoms with Gasteiger partial charge in [0.25, 0.3) is 0 Å². The molecule has 2 aromatic rings. The SMILES string of the molecule is CC[C@@H](C)Nc1nc(Nc2cc(OC)cc(OC)c2)cc(C2CC2)n1. The van der Waals surface area contributed by atoms with Crippen LogP contribution in [0, 0.1) is 0 Å². The Morgan fingerprint density at radius 1 is 1.08 bits per heavy atom. The fourth-order valence-electron chi connectivity index (χ4n) is 2.53. The number of benzene rings is 1. The monoisotopic (exact) mass is 342 g/mol. The zero-order valence-corrected chi connectivity index (χ0v) is 15.3. The highest BCUT2D eigenvalue weighted by Gasteiger charge is 2.26. The molecule has 1 aromatic carbocycles. The van der Waals surface area contributed by atoms with E-state index in [0.29, 0.717) is 17.9 Å². The van der Waals surface area contributed by atoms with Crippen molar-refractivity contribution in [1.82, 2.24) is 9.97 Å². The Morgan fingerprint density at radius 3 is 2.32 bits per heavy atom. The largest absolute Gasteiger partial charge is 0.497 e. The van der Waals surface area contributed by atoms with Crippen LogP contribution in [0.2, 0.25) is 0 Å². The predicted molar refractivity (Wildman–Crippen MR) is 100 cm³/mol. The van der Waals surface area contributed by atoms with E-state index in [-0.39, 0.29) is 0 Å². The van der Waals surface area contributed by atoms with E-state index in [9.17, 15) is 0 Å². The molecule has 1 aliphatic rings. The van der Waals surface area contributed by atoms with E-state index in [1.807, 2.05) is 24.3 Å². The molecule has 0 saturated heterocycles. The molecule has 0 unspecified atom stereocenters. The summed E-state index contributed by atoms with van der Waals surface area (Å²) in [6, 6.07) is 8.05. The molecule has 3 rings (SSSR count). The maximum Gasteiger partial charge on any atom is 0.225 e. The maximum atomic E-state index is 5.33. The van der Waals surface area contributed by atoms with Crippen LogP contribution in [0.4, 0.5) is 17.5 Å². The van der Waals surface area contributed by atoms with E-state index in [1.165, 1.54) is 12.8 Å². The summed E-state index contributed by atoms with van der Waals surface area (Å²) >= 11 is 0. The van der Waals surface area contributed by atoms with Crippen molar-refractivity contribution >= 4 is 17.5 Å². The number of aromatic nitrogens is 2. The van der Waals surface area contributed by atoms with Crippen molar-refractivity contribution in [2.24, 2.45) is 0 Å². The van der Waals surface area contributed by atoms with Crippen LogP contribution in [-0.4, -0.2) is 30.2 Å². The lowest BCUT2D eigenvalue weighted by atomic mass is 10.2. The number of ether oxygens (including phenoxy) is 2. The molecule has 2 N–H and O–H groups in total. The van der Waals surface area contributed by atoms with Crippen LogP contribution in [0.5, 0.6) is 11.5 Å². The second-order valence-corrected chi connectivity index (χ2v) is 6.46. The highest BCUT2D eigenvalue weighted by atomic mass is 16.5. The van der Waals surface area contributed by atoms with Crippen LogP contribution in [0.1, 0.15) is 44.7 Å². The van der Waals surface area contributed by atoms with Crippen LogP contribution in [-0.2, 0) is 0 Å². The van der Waals surface area contributed by atoms with Crippen LogP contribution in [0.25, 0.3) is 0 Å². The fraction of sp³-hybridized carbons (Fsp3) is 0.474. The molecule has 0 bridgehead atoms.